The fourth-order valence-corrected chi connectivity index (χ4v) is 1.87. The van der Waals surface area contributed by atoms with Crippen LogP contribution in [0.4, 0.5) is 0 Å². The first-order valence-corrected chi connectivity index (χ1v) is 7.13. The lowest BCUT2D eigenvalue weighted by Gasteiger charge is -2.11. The summed E-state index contributed by atoms with van der Waals surface area (Å²) < 4.78 is 10.8. The van der Waals surface area contributed by atoms with Crippen molar-refractivity contribution < 1.29 is 14.6 Å². The van der Waals surface area contributed by atoms with Crippen molar-refractivity contribution in [3.8, 4) is 11.5 Å². The molecule has 7 heteroatoms. The Morgan fingerprint density at radius 1 is 1.05 bits per heavy atom. The molecular weight excluding hydrogens is 327 g/mol. The molecule has 0 saturated heterocycles. The summed E-state index contributed by atoms with van der Waals surface area (Å²) in [7, 11) is 1.65. The van der Waals surface area contributed by atoms with Crippen molar-refractivity contribution in [2.24, 2.45) is 0 Å². The number of halogens is 2. The van der Waals surface area contributed by atoms with Gasteiger partial charge in [-0.3, -0.25) is 0 Å². The molecule has 0 amide bonds. The molecule has 3 N–H and O–H groups in total. The number of aliphatic hydroxyl groups is 1. The molecule has 0 aliphatic rings. The van der Waals surface area contributed by atoms with E-state index in [4.69, 9.17) is 14.6 Å². The van der Waals surface area contributed by atoms with Crippen LogP contribution in [-0.4, -0.2) is 45.1 Å². The number of ether oxygens (including phenoxy) is 2. The molecule has 0 aromatic heterocycles. The van der Waals surface area contributed by atoms with Gasteiger partial charge in [-0.25, -0.2) is 0 Å². The van der Waals surface area contributed by atoms with E-state index in [-0.39, 0.29) is 31.4 Å². The van der Waals surface area contributed by atoms with Gasteiger partial charge in [0.1, 0.15) is 0 Å². The van der Waals surface area contributed by atoms with Gasteiger partial charge in [0.05, 0.1) is 20.3 Å². The Bertz CT molecular complexity index is 382. The van der Waals surface area contributed by atoms with Crippen molar-refractivity contribution in [3.05, 3.63) is 23.8 Å². The van der Waals surface area contributed by atoms with Crippen LogP contribution in [0.5, 0.6) is 11.5 Å². The molecule has 22 heavy (non-hydrogen) atoms. The average molecular weight is 355 g/mol. The van der Waals surface area contributed by atoms with Crippen molar-refractivity contribution >= 4 is 24.8 Å². The lowest BCUT2D eigenvalue weighted by atomic mass is 10.2. The maximum atomic E-state index is 8.63. The van der Waals surface area contributed by atoms with E-state index in [1.54, 1.807) is 7.11 Å². The van der Waals surface area contributed by atoms with Crippen LogP contribution in [-0.2, 0) is 6.54 Å². The van der Waals surface area contributed by atoms with Crippen LogP contribution < -0.4 is 20.1 Å². The third kappa shape index (κ3) is 9.33. The van der Waals surface area contributed by atoms with Gasteiger partial charge >= 0.3 is 0 Å². The maximum absolute atomic E-state index is 8.63. The van der Waals surface area contributed by atoms with E-state index in [9.17, 15) is 0 Å². The molecule has 0 spiro atoms. The highest BCUT2D eigenvalue weighted by Gasteiger charge is 2.04. The Hall–Kier alpha value is -0.720. The predicted octanol–water partition coefficient (Wildman–Crippen LogP) is 2.00. The minimum atomic E-state index is 0. The minimum Gasteiger partial charge on any atom is -0.493 e. The van der Waals surface area contributed by atoms with Gasteiger partial charge in [-0.15, -0.1) is 24.8 Å². The molecule has 1 aromatic rings. The van der Waals surface area contributed by atoms with Crippen LogP contribution >= 0.6 is 24.8 Å². The van der Waals surface area contributed by atoms with Gasteiger partial charge in [-0.05, 0) is 44.1 Å². The molecule has 0 fully saturated rings. The number of methoxy groups -OCH3 is 1. The quantitative estimate of drug-likeness (QED) is 0.530. The van der Waals surface area contributed by atoms with Crippen LogP contribution in [0.15, 0.2) is 18.2 Å². The zero-order valence-electron chi connectivity index (χ0n) is 13.3. The monoisotopic (exact) mass is 354 g/mol. The highest BCUT2D eigenvalue weighted by Crippen LogP contribution is 2.27. The SMILES string of the molecule is CCOc1ccc(CNCCCNCCO)cc1OC.Cl.Cl. The molecule has 130 valence electrons. The fraction of sp³-hybridized carbons (Fsp3) is 0.600. The highest BCUT2D eigenvalue weighted by molar-refractivity contribution is 5.85. The topological polar surface area (TPSA) is 62.8 Å². The van der Waals surface area contributed by atoms with E-state index in [0.717, 1.165) is 37.6 Å². The third-order valence-electron chi connectivity index (χ3n) is 2.85. The first-order chi connectivity index (χ1) is 9.81. The summed E-state index contributed by atoms with van der Waals surface area (Å²) in [5, 5.41) is 15.2. The summed E-state index contributed by atoms with van der Waals surface area (Å²) in [4.78, 5) is 0. The normalized spacial score (nSPS) is 9.59. The molecule has 0 saturated carbocycles. The summed E-state index contributed by atoms with van der Waals surface area (Å²) in [6, 6.07) is 5.99. The molecule has 0 atom stereocenters. The Morgan fingerprint density at radius 2 is 1.77 bits per heavy atom. The summed E-state index contributed by atoms with van der Waals surface area (Å²) in [5.74, 6) is 1.56. The minimum absolute atomic E-state index is 0. The molecule has 0 aliphatic carbocycles. The molecule has 1 rings (SSSR count). The van der Waals surface area contributed by atoms with Crippen LogP contribution in [0.3, 0.4) is 0 Å². The molecule has 0 heterocycles. The second-order valence-electron chi connectivity index (χ2n) is 4.42. The molecule has 0 bridgehead atoms. The molecular formula is C15H28Cl2N2O3. The first kappa shape index (κ1) is 23.5. The zero-order valence-corrected chi connectivity index (χ0v) is 14.9. The first-order valence-electron chi connectivity index (χ1n) is 7.13. The number of aliphatic hydroxyl groups excluding tert-OH is 1. The Morgan fingerprint density at radius 3 is 2.41 bits per heavy atom. The van der Waals surface area contributed by atoms with Crippen molar-refractivity contribution in [1.29, 1.82) is 0 Å². The Kier molecular flexibility index (Phi) is 16.3. The Labute approximate surface area is 145 Å². The van der Waals surface area contributed by atoms with Gasteiger partial charge in [-0.1, -0.05) is 6.07 Å². The van der Waals surface area contributed by atoms with Gasteiger partial charge in [0.2, 0.25) is 0 Å². The van der Waals surface area contributed by atoms with E-state index >= 15 is 0 Å². The zero-order chi connectivity index (χ0) is 14.6. The molecule has 5 nitrogen and oxygen atoms in total. The van der Waals surface area contributed by atoms with Crippen molar-refractivity contribution in [2.75, 3.05) is 40.0 Å². The van der Waals surface area contributed by atoms with Crippen LogP contribution in [0, 0.1) is 0 Å². The summed E-state index contributed by atoms with van der Waals surface area (Å²) in [6.45, 7) is 6.11. The number of hydrogen-bond acceptors (Lipinski definition) is 5. The van der Waals surface area contributed by atoms with Crippen LogP contribution in [0.25, 0.3) is 0 Å². The van der Waals surface area contributed by atoms with Gasteiger partial charge in [0.15, 0.2) is 11.5 Å². The van der Waals surface area contributed by atoms with Crippen molar-refractivity contribution in [3.63, 3.8) is 0 Å². The second kappa shape index (κ2) is 15.2. The van der Waals surface area contributed by atoms with E-state index < -0.39 is 0 Å². The average Bonchev–Trinajstić information content (AvgIpc) is 2.48. The summed E-state index contributed by atoms with van der Waals surface area (Å²) in [5.41, 5.74) is 1.17. The van der Waals surface area contributed by atoms with Gasteiger partial charge in [-0.2, -0.15) is 0 Å². The molecule has 0 aliphatic heterocycles. The van der Waals surface area contributed by atoms with E-state index in [1.807, 2.05) is 25.1 Å². The lowest BCUT2D eigenvalue weighted by Crippen LogP contribution is -2.23. The standard InChI is InChI=1S/C15H26N2O3.2ClH/c1-3-20-14-6-5-13(11-15(14)19-2)12-17-8-4-7-16-9-10-18;;/h5-6,11,16-18H,3-4,7-10,12H2,1-2H3;2*1H. The van der Waals surface area contributed by atoms with Crippen molar-refractivity contribution in [2.45, 2.75) is 19.9 Å². The molecule has 0 radical (unpaired) electrons. The number of nitrogens with one attached hydrogen (secondary N) is 2. The predicted molar refractivity (Wildman–Crippen MR) is 94.9 cm³/mol. The van der Waals surface area contributed by atoms with Gasteiger partial charge in [0, 0.05) is 13.1 Å². The number of rotatable bonds is 11. The second-order valence-corrected chi connectivity index (χ2v) is 4.42. The molecule has 0 unspecified atom stereocenters. The van der Waals surface area contributed by atoms with Crippen LogP contribution in [0.1, 0.15) is 18.9 Å². The van der Waals surface area contributed by atoms with Crippen LogP contribution in [0.2, 0.25) is 0 Å². The number of benzene rings is 1. The highest BCUT2D eigenvalue weighted by atomic mass is 35.5. The largest absolute Gasteiger partial charge is 0.493 e. The van der Waals surface area contributed by atoms with Gasteiger partial charge < -0.3 is 25.2 Å². The van der Waals surface area contributed by atoms with Crippen molar-refractivity contribution in [1.82, 2.24) is 10.6 Å². The van der Waals surface area contributed by atoms with E-state index in [0.29, 0.717) is 13.2 Å². The Balaban J connectivity index is 0. The fourth-order valence-electron chi connectivity index (χ4n) is 1.87. The summed E-state index contributed by atoms with van der Waals surface area (Å²) in [6.07, 6.45) is 1.04. The van der Waals surface area contributed by atoms with Gasteiger partial charge in [0.25, 0.3) is 0 Å². The lowest BCUT2D eigenvalue weighted by molar-refractivity contribution is 0.292. The van der Waals surface area contributed by atoms with E-state index in [2.05, 4.69) is 10.6 Å². The maximum Gasteiger partial charge on any atom is 0.161 e. The van der Waals surface area contributed by atoms with E-state index in [1.165, 1.54) is 5.56 Å². The summed E-state index contributed by atoms with van der Waals surface area (Å²) >= 11 is 0. The third-order valence-corrected chi connectivity index (χ3v) is 2.85. The molecule has 1 aromatic carbocycles. The smallest absolute Gasteiger partial charge is 0.161 e. The number of hydrogen-bond donors (Lipinski definition) is 3.